The Kier molecular flexibility index (Phi) is 5.86. The predicted octanol–water partition coefficient (Wildman–Crippen LogP) is 4.82. The van der Waals surface area contributed by atoms with Gasteiger partial charge < -0.3 is 10.1 Å². The van der Waals surface area contributed by atoms with Gasteiger partial charge >= 0.3 is 0 Å². The van der Waals surface area contributed by atoms with Crippen molar-refractivity contribution in [3.8, 4) is 5.75 Å². The second-order valence-electron chi connectivity index (χ2n) is 5.30. The molecule has 1 unspecified atom stereocenters. The molecule has 118 valence electrons. The molecule has 22 heavy (non-hydrogen) atoms. The molecule has 0 saturated carbocycles. The summed E-state index contributed by atoms with van der Waals surface area (Å²) in [6.07, 6.45) is 0.920. The molecule has 0 bridgehead atoms. The summed E-state index contributed by atoms with van der Waals surface area (Å²) in [5.41, 5.74) is 1.98. The average Bonchev–Trinajstić information content (AvgIpc) is 2.97. The van der Waals surface area contributed by atoms with E-state index in [0.717, 1.165) is 28.3 Å². The Labute approximate surface area is 140 Å². The summed E-state index contributed by atoms with van der Waals surface area (Å²) in [6.45, 7) is 6.43. The molecular formula is C17H20ClNO2S. The molecule has 1 aromatic carbocycles. The normalized spacial score (nSPS) is 12.0. The number of carbonyl (C=O) groups is 1. The lowest BCUT2D eigenvalue weighted by molar-refractivity contribution is 0.0943. The fraction of sp³-hybridized carbons (Fsp3) is 0.353. The molecule has 0 aliphatic rings. The minimum absolute atomic E-state index is 0.0204. The third-order valence-electron chi connectivity index (χ3n) is 3.40. The van der Waals surface area contributed by atoms with Crippen molar-refractivity contribution in [2.45, 2.75) is 39.8 Å². The second kappa shape index (κ2) is 7.65. The van der Waals surface area contributed by atoms with Crippen molar-refractivity contribution in [1.82, 2.24) is 5.32 Å². The maximum absolute atomic E-state index is 12.0. The summed E-state index contributed by atoms with van der Waals surface area (Å²) < 4.78 is 5.74. The third kappa shape index (κ3) is 4.49. The van der Waals surface area contributed by atoms with Crippen LogP contribution in [0.1, 0.15) is 41.1 Å². The molecule has 0 fully saturated rings. The van der Waals surface area contributed by atoms with E-state index < -0.39 is 0 Å². The molecule has 1 heterocycles. The number of rotatable bonds is 6. The molecule has 0 aliphatic heterocycles. The Morgan fingerprint density at radius 3 is 2.86 bits per heavy atom. The van der Waals surface area contributed by atoms with Gasteiger partial charge in [0.25, 0.3) is 5.91 Å². The first-order valence-corrected chi connectivity index (χ1v) is 8.52. The van der Waals surface area contributed by atoms with Gasteiger partial charge in [0, 0.05) is 16.6 Å². The van der Waals surface area contributed by atoms with Crippen LogP contribution in [0.3, 0.4) is 0 Å². The van der Waals surface area contributed by atoms with Gasteiger partial charge in [0.05, 0.1) is 4.88 Å². The zero-order valence-electron chi connectivity index (χ0n) is 13.0. The Morgan fingerprint density at radius 2 is 2.18 bits per heavy atom. The highest BCUT2D eigenvalue weighted by molar-refractivity contribution is 7.12. The first kappa shape index (κ1) is 16.8. The maximum atomic E-state index is 12.0. The molecular weight excluding hydrogens is 318 g/mol. The minimum atomic E-state index is -0.0204. The average molecular weight is 338 g/mol. The number of carbonyl (C=O) groups excluding carboxylic acids is 1. The van der Waals surface area contributed by atoms with Crippen LogP contribution in [0.25, 0.3) is 0 Å². The summed E-state index contributed by atoms with van der Waals surface area (Å²) >= 11 is 7.43. The van der Waals surface area contributed by atoms with Crippen LogP contribution < -0.4 is 10.1 Å². The van der Waals surface area contributed by atoms with Crippen LogP contribution in [0.15, 0.2) is 29.6 Å². The van der Waals surface area contributed by atoms with E-state index in [4.69, 9.17) is 16.3 Å². The Balaban J connectivity index is 1.94. The number of hydrogen-bond donors (Lipinski definition) is 1. The highest BCUT2D eigenvalue weighted by Crippen LogP contribution is 2.23. The van der Waals surface area contributed by atoms with Crippen LogP contribution in [-0.2, 0) is 6.61 Å². The predicted molar refractivity (Wildman–Crippen MR) is 92.1 cm³/mol. The number of benzene rings is 1. The lowest BCUT2D eigenvalue weighted by Crippen LogP contribution is -2.31. The van der Waals surface area contributed by atoms with E-state index >= 15 is 0 Å². The SMILES string of the molecule is CCC(C)NC(=O)c1cc(COc2ccc(Cl)c(C)c2)cs1. The fourth-order valence-corrected chi connectivity index (χ4v) is 2.76. The Bertz CT molecular complexity index is 654. The number of nitrogens with one attached hydrogen (secondary N) is 1. The zero-order chi connectivity index (χ0) is 16.1. The van der Waals surface area contributed by atoms with Crippen LogP contribution in [0.4, 0.5) is 0 Å². The molecule has 0 radical (unpaired) electrons. The number of thiophene rings is 1. The summed E-state index contributed by atoms with van der Waals surface area (Å²) in [7, 11) is 0. The van der Waals surface area contributed by atoms with E-state index in [1.165, 1.54) is 11.3 Å². The van der Waals surface area contributed by atoms with Crippen molar-refractivity contribution in [2.75, 3.05) is 0 Å². The quantitative estimate of drug-likeness (QED) is 0.820. The standard InChI is InChI=1S/C17H20ClNO2S/c1-4-12(3)19-17(20)16-8-13(10-22-16)9-21-14-5-6-15(18)11(2)7-14/h5-8,10,12H,4,9H2,1-3H3,(H,19,20). The highest BCUT2D eigenvalue weighted by Gasteiger charge is 2.11. The van der Waals surface area contributed by atoms with E-state index in [-0.39, 0.29) is 11.9 Å². The molecule has 0 spiro atoms. The van der Waals surface area contributed by atoms with Crippen molar-refractivity contribution in [2.24, 2.45) is 0 Å². The van der Waals surface area contributed by atoms with Gasteiger partial charge in [0.1, 0.15) is 12.4 Å². The van der Waals surface area contributed by atoms with Crippen molar-refractivity contribution in [1.29, 1.82) is 0 Å². The van der Waals surface area contributed by atoms with Crippen LogP contribution in [0, 0.1) is 6.92 Å². The van der Waals surface area contributed by atoms with Gasteiger partial charge in [-0.1, -0.05) is 18.5 Å². The molecule has 5 heteroatoms. The number of halogens is 1. The molecule has 2 aromatic rings. The van der Waals surface area contributed by atoms with Crippen LogP contribution in [0.2, 0.25) is 5.02 Å². The largest absolute Gasteiger partial charge is 0.489 e. The lowest BCUT2D eigenvalue weighted by atomic mass is 10.2. The van der Waals surface area contributed by atoms with E-state index in [1.54, 1.807) is 0 Å². The zero-order valence-corrected chi connectivity index (χ0v) is 14.6. The molecule has 0 aliphatic carbocycles. The smallest absolute Gasteiger partial charge is 0.261 e. The second-order valence-corrected chi connectivity index (χ2v) is 6.62. The van der Waals surface area contributed by atoms with E-state index in [0.29, 0.717) is 11.5 Å². The maximum Gasteiger partial charge on any atom is 0.261 e. The number of aryl methyl sites for hydroxylation is 1. The summed E-state index contributed by atoms with van der Waals surface area (Å²) in [5.74, 6) is 0.756. The minimum Gasteiger partial charge on any atom is -0.489 e. The molecule has 1 N–H and O–H groups in total. The lowest BCUT2D eigenvalue weighted by Gasteiger charge is -2.09. The van der Waals surface area contributed by atoms with E-state index in [1.807, 2.05) is 50.4 Å². The third-order valence-corrected chi connectivity index (χ3v) is 4.80. The molecule has 1 amide bonds. The number of hydrogen-bond acceptors (Lipinski definition) is 3. The highest BCUT2D eigenvalue weighted by atomic mass is 35.5. The number of amides is 1. The Hall–Kier alpha value is -1.52. The molecule has 1 atom stereocenters. The fourth-order valence-electron chi connectivity index (χ4n) is 1.84. The first-order valence-electron chi connectivity index (χ1n) is 7.26. The first-order chi connectivity index (χ1) is 10.5. The van der Waals surface area contributed by atoms with Crippen molar-refractivity contribution < 1.29 is 9.53 Å². The van der Waals surface area contributed by atoms with Gasteiger partial charge in [0.15, 0.2) is 0 Å². The van der Waals surface area contributed by atoms with Gasteiger partial charge in [0.2, 0.25) is 0 Å². The molecule has 3 nitrogen and oxygen atoms in total. The molecule has 1 aromatic heterocycles. The summed E-state index contributed by atoms with van der Waals surface area (Å²) in [6, 6.07) is 7.64. The molecule has 0 saturated heterocycles. The van der Waals surface area contributed by atoms with E-state index in [9.17, 15) is 4.79 Å². The van der Waals surface area contributed by atoms with Crippen molar-refractivity contribution in [3.05, 3.63) is 50.7 Å². The summed E-state index contributed by atoms with van der Waals surface area (Å²) in [5, 5.41) is 5.64. The van der Waals surface area contributed by atoms with Gasteiger partial charge in [-0.05, 0) is 55.5 Å². The van der Waals surface area contributed by atoms with Gasteiger partial charge in [-0.3, -0.25) is 4.79 Å². The van der Waals surface area contributed by atoms with Crippen LogP contribution in [-0.4, -0.2) is 11.9 Å². The van der Waals surface area contributed by atoms with E-state index in [2.05, 4.69) is 5.32 Å². The molecule has 2 rings (SSSR count). The van der Waals surface area contributed by atoms with Crippen molar-refractivity contribution >= 4 is 28.8 Å². The topological polar surface area (TPSA) is 38.3 Å². The number of ether oxygens (including phenoxy) is 1. The van der Waals surface area contributed by atoms with Gasteiger partial charge in [-0.25, -0.2) is 0 Å². The summed E-state index contributed by atoms with van der Waals surface area (Å²) in [4.78, 5) is 12.7. The van der Waals surface area contributed by atoms with Crippen LogP contribution in [0.5, 0.6) is 5.75 Å². The Morgan fingerprint density at radius 1 is 1.41 bits per heavy atom. The monoisotopic (exact) mass is 337 g/mol. The van der Waals surface area contributed by atoms with Gasteiger partial charge in [-0.2, -0.15) is 0 Å². The van der Waals surface area contributed by atoms with Gasteiger partial charge in [-0.15, -0.1) is 11.3 Å². The van der Waals surface area contributed by atoms with Crippen molar-refractivity contribution in [3.63, 3.8) is 0 Å². The van der Waals surface area contributed by atoms with Crippen LogP contribution >= 0.6 is 22.9 Å².